The van der Waals surface area contributed by atoms with E-state index >= 15 is 0 Å². The molecule has 0 spiro atoms. The maximum Gasteiger partial charge on any atom is 0.418 e. The maximum atomic E-state index is 13.1. The fraction of sp³-hybridized carbons (Fsp3) is 0.0667. The van der Waals surface area contributed by atoms with Crippen LogP contribution in [0.25, 0.3) is 0 Å². The molecule has 0 heterocycles. The van der Waals surface area contributed by atoms with Gasteiger partial charge in [0.1, 0.15) is 10.7 Å². The molecule has 2 aromatic rings. The van der Waals surface area contributed by atoms with Gasteiger partial charge in [0, 0.05) is 0 Å². The van der Waals surface area contributed by atoms with Crippen LogP contribution in [0.2, 0.25) is 0 Å². The van der Waals surface area contributed by atoms with Crippen LogP contribution in [0.15, 0.2) is 41.3 Å². The molecule has 0 saturated carbocycles. The summed E-state index contributed by atoms with van der Waals surface area (Å²) in [5.41, 5.74) is -4.69. The fourth-order valence-electron chi connectivity index (χ4n) is 2.20. The van der Waals surface area contributed by atoms with E-state index in [0.29, 0.717) is 12.1 Å². The maximum absolute atomic E-state index is 13.1. The van der Waals surface area contributed by atoms with Gasteiger partial charge in [-0.2, -0.15) is 13.2 Å². The lowest BCUT2D eigenvalue weighted by molar-refractivity contribution is -0.137. The molecule has 0 aromatic heterocycles. The van der Waals surface area contributed by atoms with Crippen LogP contribution in [0, 0.1) is 5.82 Å². The molecule has 27 heavy (non-hydrogen) atoms. The minimum Gasteiger partial charge on any atom is -0.478 e. The van der Waals surface area contributed by atoms with E-state index in [0.717, 1.165) is 18.2 Å². The molecular formula is C15H9F4NO6S. The average molecular weight is 407 g/mol. The lowest BCUT2D eigenvalue weighted by atomic mass is 10.1. The minimum atomic E-state index is -5.14. The van der Waals surface area contributed by atoms with E-state index in [1.54, 1.807) is 0 Å². The number of carboxylic acids is 2. The van der Waals surface area contributed by atoms with Crippen LogP contribution in [0.1, 0.15) is 26.3 Å². The number of halogens is 4. The Hall–Kier alpha value is -3.15. The van der Waals surface area contributed by atoms with Crippen molar-refractivity contribution in [2.45, 2.75) is 11.1 Å². The standard InChI is InChI=1S/C15H9F4NO6S/c16-7-4-5-11(10(6-7)15(17,18)19)20-27(25,26)12-8(13(21)22)2-1-3-9(12)14(23)24/h1-6,20H,(H,21,22)(H,23,24). The number of aromatic carboxylic acids is 2. The lowest BCUT2D eigenvalue weighted by Crippen LogP contribution is -2.22. The average Bonchev–Trinajstić information content (AvgIpc) is 2.54. The molecule has 0 atom stereocenters. The first-order valence-electron chi connectivity index (χ1n) is 6.84. The molecule has 0 amide bonds. The third-order valence-corrected chi connectivity index (χ3v) is 4.74. The summed E-state index contributed by atoms with van der Waals surface area (Å²) in [5, 5.41) is 18.2. The summed E-state index contributed by atoms with van der Waals surface area (Å²) >= 11 is 0. The van der Waals surface area contributed by atoms with Gasteiger partial charge in [-0.25, -0.2) is 22.4 Å². The summed E-state index contributed by atoms with van der Waals surface area (Å²) < 4.78 is 78.8. The number of hydrogen-bond donors (Lipinski definition) is 3. The third-order valence-electron chi connectivity index (χ3n) is 3.28. The first-order valence-corrected chi connectivity index (χ1v) is 8.32. The summed E-state index contributed by atoms with van der Waals surface area (Å²) in [6.07, 6.45) is -5.14. The van der Waals surface area contributed by atoms with Crippen LogP contribution < -0.4 is 4.72 Å². The zero-order valence-electron chi connectivity index (χ0n) is 12.9. The largest absolute Gasteiger partial charge is 0.478 e. The second-order valence-electron chi connectivity index (χ2n) is 5.09. The number of nitrogens with one attached hydrogen (secondary N) is 1. The topological polar surface area (TPSA) is 121 Å². The van der Waals surface area contributed by atoms with Crippen molar-refractivity contribution in [1.29, 1.82) is 0 Å². The fourth-order valence-corrected chi connectivity index (χ4v) is 3.66. The summed E-state index contributed by atoms with van der Waals surface area (Å²) in [6.45, 7) is 0. The zero-order valence-corrected chi connectivity index (χ0v) is 13.7. The van der Waals surface area contributed by atoms with Gasteiger partial charge in [0.15, 0.2) is 0 Å². The van der Waals surface area contributed by atoms with E-state index in [-0.39, 0.29) is 6.07 Å². The van der Waals surface area contributed by atoms with Crippen LogP contribution in [0.3, 0.4) is 0 Å². The van der Waals surface area contributed by atoms with Gasteiger partial charge in [-0.15, -0.1) is 0 Å². The van der Waals surface area contributed by atoms with Gasteiger partial charge >= 0.3 is 18.1 Å². The molecule has 144 valence electrons. The Morgan fingerprint density at radius 1 is 0.963 bits per heavy atom. The Kier molecular flexibility index (Phi) is 5.13. The first-order chi connectivity index (χ1) is 12.3. The summed E-state index contributed by atoms with van der Waals surface area (Å²) in [7, 11) is -5.09. The van der Waals surface area contributed by atoms with E-state index in [4.69, 9.17) is 10.2 Å². The quantitative estimate of drug-likeness (QED) is 0.655. The van der Waals surface area contributed by atoms with E-state index in [2.05, 4.69) is 0 Å². The second-order valence-corrected chi connectivity index (χ2v) is 6.70. The second kappa shape index (κ2) is 6.87. The Balaban J connectivity index is 2.70. The number of alkyl halides is 3. The van der Waals surface area contributed by atoms with Crippen molar-refractivity contribution in [3.8, 4) is 0 Å². The molecule has 0 fully saturated rings. The summed E-state index contributed by atoms with van der Waals surface area (Å²) in [5.74, 6) is -4.91. The van der Waals surface area contributed by atoms with Crippen LogP contribution in [0.4, 0.5) is 23.2 Å². The number of benzene rings is 2. The van der Waals surface area contributed by atoms with Crippen LogP contribution in [0.5, 0.6) is 0 Å². The minimum absolute atomic E-state index is 0.0407. The van der Waals surface area contributed by atoms with Gasteiger partial charge in [-0.1, -0.05) is 6.07 Å². The molecule has 0 radical (unpaired) electrons. The van der Waals surface area contributed by atoms with Crippen LogP contribution in [-0.4, -0.2) is 30.6 Å². The Morgan fingerprint density at radius 2 is 1.48 bits per heavy atom. The van der Waals surface area contributed by atoms with Crippen molar-refractivity contribution in [3.63, 3.8) is 0 Å². The van der Waals surface area contributed by atoms with Gasteiger partial charge in [0.05, 0.1) is 22.4 Å². The molecule has 3 N–H and O–H groups in total. The molecule has 0 aliphatic heterocycles. The van der Waals surface area contributed by atoms with Crippen molar-refractivity contribution in [1.82, 2.24) is 0 Å². The van der Waals surface area contributed by atoms with Crippen molar-refractivity contribution >= 4 is 27.6 Å². The number of hydrogen-bond acceptors (Lipinski definition) is 4. The monoisotopic (exact) mass is 407 g/mol. The van der Waals surface area contributed by atoms with E-state index in [1.807, 2.05) is 0 Å². The van der Waals surface area contributed by atoms with Crippen LogP contribution in [-0.2, 0) is 16.2 Å². The predicted molar refractivity (Wildman–Crippen MR) is 82.6 cm³/mol. The highest BCUT2D eigenvalue weighted by atomic mass is 32.2. The highest BCUT2D eigenvalue weighted by Crippen LogP contribution is 2.36. The van der Waals surface area contributed by atoms with Gasteiger partial charge in [0.2, 0.25) is 0 Å². The van der Waals surface area contributed by atoms with Crippen LogP contribution >= 0.6 is 0 Å². The van der Waals surface area contributed by atoms with Gasteiger partial charge in [-0.05, 0) is 30.3 Å². The predicted octanol–water partition coefficient (Wildman–Crippen LogP) is 3.04. The van der Waals surface area contributed by atoms with E-state index < -0.39 is 61.2 Å². The number of rotatable bonds is 5. The number of carbonyl (C=O) groups is 2. The molecule has 7 nitrogen and oxygen atoms in total. The first kappa shape index (κ1) is 20.2. The summed E-state index contributed by atoms with van der Waals surface area (Å²) in [6, 6.07) is 3.59. The van der Waals surface area contributed by atoms with E-state index in [1.165, 1.54) is 4.72 Å². The Labute approximate surface area is 148 Å². The molecule has 2 aromatic carbocycles. The van der Waals surface area contributed by atoms with Crippen molar-refractivity contribution in [2.24, 2.45) is 0 Å². The molecule has 0 unspecified atom stereocenters. The van der Waals surface area contributed by atoms with Crippen molar-refractivity contribution in [2.75, 3.05) is 4.72 Å². The molecule has 0 aliphatic carbocycles. The molecule has 2 rings (SSSR count). The molecule has 0 bridgehead atoms. The Morgan fingerprint density at radius 3 is 1.93 bits per heavy atom. The summed E-state index contributed by atoms with van der Waals surface area (Å²) in [4.78, 5) is 21.3. The van der Waals surface area contributed by atoms with Gasteiger partial charge in [-0.3, -0.25) is 4.72 Å². The SMILES string of the molecule is O=C(O)c1cccc(C(=O)O)c1S(=O)(=O)Nc1ccc(F)cc1C(F)(F)F. The Bertz CT molecular complexity index is 1000. The smallest absolute Gasteiger partial charge is 0.418 e. The number of carboxylic acid groups (broad SMARTS) is 2. The molecular weight excluding hydrogens is 398 g/mol. The van der Waals surface area contributed by atoms with Gasteiger partial charge in [0.25, 0.3) is 10.0 Å². The number of sulfonamides is 1. The lowest BCUT2D eigenvalue weighted by Gasteiger charge is -2.16. The number of anilines is 1. The van der Waals surface area contributed by atoms with Crippen molar-refractivity contribution < 1.29 is 45.8 Å². The van der Waals surface area contributed by atoms with Crippen molar-refractivity contribution in [3.05, 3.63) is 58.9 Å². The molecule has 0 aliphatic rings. The van der Waals surface area contributed by atoms with E-state index in [9.17, 15) is 35.6 Å². The molecule has 0 saturated heterocycles. The highest BCUT2D eigenvalue weighted by molar-refractivity contribution is 7.93. The third kappa shape index (κ3) is 4.16. The zero-order chi connectivity index (χ0) is 20.6. The highest BCUT2D eigenvalue weighted by Gasteiger charge is 2.36. The molecule has 12 heteroatoms. The normalized spacial score (nSPS) is 11.9. The van der Waals surface area contributed by atoms with Gasteiger partial charge < -0.3 is 10.2 Å².